The Kier molecular flexibility index (Phi) is 5.86. The molecule has 2 N–H and O–H groups in total. The Morgan fingerprint density at radius 1 is 1.27 bits per heavy atom. The fourth-order valence-electron chi connectivity index (χ4n) is 3.91. The Morgan fingerprint density at radius 3 is 2.58 bits per heavy atom. The first-order chi connectivity index (χ1) is 12.5. The van der Waals surface area contributed by atoms with Crippen LogP contribution in [0, 0.1) is 23.5 Å². The lowest BCUT2D eigenvalue weighted by Crippen LogP contribution is -2.43. The molecule has 0 aromatic heterocycles. The molecule has 2 aliphatic heterocycles. The number of halogens is 2. The van der Waals surface area contributed by atoms with E-state index in [9.17, 15) is 18.4 Å². The Balaban J connectivity index is 1.57. The van der Waals surface area contributed by atoms with E-state index in [1.165, 1.54) is 6.07 Å². The summed E-state index contributed by atoms with van der Waals surface area (Å²) in [4.78, 5) is 25.9. The minimum absolute atomic E-state index is 0.176. The molecule has 5 nitrogen and oxygen atoms in total. The molecule has 0 spiro atoms. The average molecular weight is 365 g/mol. The van der Waals surface area contributed by atoms with Gasteiger partial charge < -0.3 is 15.5 Å². The monoisotopic (exact) mass is 365 g/mol. The molecule has 142 valence electrons. The lowest BCUT2D eigenvalue weighted by molar-refractivity contribution is -0.127. The third-order valence-corrected chi connectivity index (χ3v) is 5.44. The lowest BCUT2D eigenvalue weighted by atomic mass is 9.84. The number of rotatable bonds is 5. The van der Waals surface area contributed by atoms with Gasteiger partial charge in [-0.2, -0.15) is 0 Å². The van der Waals surface area contributed by atoms with Gasteiger partial charge in [0.25, 0.3) is 0 Å². The summed E-state index contributed by atoms with van der Waals surface area (Å²) >= 11 is 0. The highest BCUT2D eigenvalue weighted by Gasteiger charge is 2.36. The van der Waals surface area contributed by atoms with Gasteiger partial charge in [-0.25, -0.2) is 8.78 Å². The molecule has 3 rings (SSSR count). The van der Waals surface area contributed by atoms with Gasteiger partial charge in [-0.3, -0.25) is 9.59 Å². The predicted molar refractivity (Wildman–Crippen MR) is 94.6 cm³/mol. The van der Waals surface area contributed by atoms with Crippen LogP contribution in [0.1, 0.15) is 32.6 Å². The molecule has 2 aliphatic rings. The van der Waals surface area contributed by atoms with Crippen LogP contribution in [-0.2, 0) is 9.59 Å². The number of carbonyl (C=O) groups is 2. The molecule has 2 atom stereocenters. The fourth-order valence-corrected chi connectivity index (χ4v) is 3.91. The molecule has 2 unspecified atom stereocenters. The summed E-state index contributed by atoms with van der Waals surface area (Å²) in [6, 6.07) is 2.79. The number of anilines is 1. The van der Waals surface area contributed by atoms with Crippen LogP contribution >= 0.6 is 0 Å². The quantitative estimate of drug-likeness (QED) is 0.841. The minimum Gasteiger partial charge on any atom is -0.344 e. The molecule has 0 bridgehead atoms. The number of nitrogens with one attached hydrogen (secondary N) is 2. The number of carbonyl (C=O) groups excluding carboxylic acids is 2. The van der Waals surface area contributed by atoms with Gasteiger partial charge >= 0.3 is 0 Å². The smallest absolute Gasteiger partial charge is 0.249 e. The summed E-state index contributed by atoms with van der Waals surface area (Å²) in [6.07, 6.45) is 2.82. The summed E-state index contributed by atoms with van der Waals surface area (Å²) in [5.74, 6) is -1.43. The predicted octanol–water partition coefficient (Wildman–Crippen LogP) is 2.21. The summed E-state index contributed by atoms with van der Waals surface area (Å²) in [5.41, 5.74) is -0.336. The molecule has 26 heavy (non-hydrogen) atoms. The fraction of sp³-hybridized carbons (Fsp3) is 0.579. The first-order valence-electron chi connectivity index (χ1n) is 9.23. The van der Waals surface area contributed by atoms with Crippen LogP contribution in [0.5, 0.6) is 0 Å². The van der Waals surface area contributed by atoms with Crippen LogP contribution in [0.15, 0.2) is 18.2 Å². The number of nitrogens with zero attached hydrogens (tertiary/aromatic N) is 1. The maximum Gasteiger partial charge on any atom is 0.249 e. The third-order valence-electron chi connectivity index (χ3n) is 5.44. The second-order valence-corrected chi connectivity index (χ2v) is 7.24. The number of hydrogen-bond acceptors (Lipinski definition) is 3. The molecular weight excluding hydrogens is 340 g/mol. The van der Waals surface area contributed by atoms with Crippen LogP contribution in [0.3, 0.4) is 0 Å². The minimum atomic E-state index is -0.773. The summed E-state index contributed by atoms with van der Waals surface area (Å²) in [6.45, 7) is 4.19. The van der Waals surface area contributed by atoms with E-state index >= 15 is 0 Å². The van der Waals surface area contributed by atoms with Gasteiger partial charge in [0.05, 0.1) is 0 Å². The molecule has 2 saturated heterocycles. The molecule has 0 saturated carbocycles. The molecule has 7 heteroatoms. The second-order valence-electron chi connectivity index (χ2n) is 7.24. The summed E-state index contributed by atoms with van der Waals surface area (Å²) < 4.78 is 27.8. The number of piperidine rings is 1. The van der Waals surface area contributed by atoms with E-state index in [2.05, 4.69) is 17.6 Å². The van der Waals surface area contributed by atoms with E-state index in [0.29, 0.717) is 18.8 Å². The summed E-state index contributed by atoms with van der Waals surface area (Å²) in [5, 5.41) is 6.05. The van der Waals surface area contributed by atoms with Crippen molar-refractivity contribution in [3.8, 4) is 0 Å². The van der Waals surface area contributed by atoms with Gasteiger partial charge in [0.15, 0.2) is 0 Å². The average Bonchev–Trinajstić information content (AvgIpc) is 2.96. The van der Waals surface area contributed by atoms with Crippen molar-refractivity contribution < 1.29 is 18.4 Å². The highest BCUT2D eigenvalue weighted by Crippen LogP contribution is 2.28. The molecule has 0 radical (unpaired) electrons. The maximum absolute atomic E-state index is 13.9. The Bertz CT molecular complexity index is 656. The first-order valence-corrected chi connectivity index (χ1v) is 9.23. The van der Waals surface area contributed by atoms with E-state index in [-0.39, 0.29) is 24.1 Å². The first kappa shape index (κ1) is 18.8. The van der Waals surface area contributed by atoms with Gasteiger partial charge in [-0.1, -0.05) is 13.0 Å². The standard InChI is InChI=1S/C19H25F2N3O2/c1-12(13-5-8-22-9-6-13)11-17(25)23-16-7-10-24(19(16)26)18-14(20)3-2-4-15(18)21/h2-4,12-13,16,22H,5-11H2,1H3,(H,23,25). The molecule has 2 heterocycles. The van der Waals surface area contributed by atoms with Gasteiger partial charge in [0, 0.05) is 13.0 Å². The van der Waals surface area contributed by atoms with Gasteiger partial charge in [0.1, 0.15) is 23.4 Å². The Morgan fingerprint density at radius 2 is 1.92 bits per heavy atom. The van der Waals surface area contributed by atoms with Crippen LogP contribution in [0.2, 0.25) is 0 Å². The van der Waals surface area contributed by atoms with Crippen molar-refractivity contribution in [2.24, 2.45) is 11.8 Å². The lowest BCUT2D eigenvalue weighted by Gasteiger charge is -2.28. The molecule has 1 aromatic rings. The number of benzene rings is 1. The van der Waals surface area contributed by atoms with Crippen LogP contribution in [0.25, 0.3) is 0 Å². The van der Waals surface area contributed by atoms with E-state index in [1.54, 1.807) is 0 Å². The van der Waals surface area contributed by atoms with Crippen molar-refractivity contribution in [1.82, 2.24) is 10.6 Å². The molecule has 0 aliphatic carbocycles. The Labute approximate surface area is 152 Å². The third kappa shape index (κ3) is 4.03. The number of hydrogen-bond donors (Lipinski definition) is 2. The van der Waals surface area contributed by atoms with Gasteiger partial charge in [0.2, 0.25) is 11.8 Å². The van der Waals surface area contributed by atoms with Gasteiger partial charge in [-0.15, -0.1) is 0 Å². The van der Waals surface area contributed by atoms with Crippen molar-refractivity contribution in [2.45, 2.75) is 38.6 Å². The van der Waals surface area contributed by atoms with Crippen molar-refractivity contribution in [2.75, 3.05) is 24.5 Å². The van der Waals surface area contributed by atoms with Crippen LogP contribution in [-0.4, -0.2) is 37.5 Å². The van der Waals surface area contributed by atoms with E-state index in [1.807, 2.05) is 0 Å². The largest absolute Gasteiger partial charge is 0.344 e. The van der Waals surface area contributed by atoms with Crippen LogP contribution < -0.4 is 15.5 Å². The Hall–Kier alpha value is -2.02. The number of para-hydroxylation sites is 1. The number of amides is 2. The highest BCUT2D eigenvalue weighted by atomic mass is 19.1. The highest BCUT2D eigenvalue weighted by molar-refractivity contribution is 6.01. The SMILES string of the molecule is CC(CC(=O)NC1CCN(c2c(F)cccc2F)C1=O)C1CCNCC1. The van der Waals surface area contributed by atoms with Crippen LogP contribution in [0.4, 0.5) is 14.5 Å². The second kappa shape index (κ2) is 8.12. The van der Waals surface area contributed by atoms with Crippen molar-refractivity contribution >= 4 is 17.5 Å². The normalized spacial score (nSPS) is 22.5. The van der Waals surface area contributed by atoms with Gasteiger partial charge in [-0.05, 0) is 56.3 Å². The molecular formula is C19H25F2N3O2. The van der Waals surface area contributed by atoms with Crippen molar-refractivity contribution in [3.63, 3.8) is 0 Å². The molecule has 2 fully saturated rings. The summed E-state index contributed by atoms with van der Waals surface area (Å²) in [7, 11) is 0. The zero-order valence-corrected chi connectivity index (χ0v) is 14.9. The van der Waals surface area contributed by atoms with E-state index in [0.717, 1.165) is 43.0 Å². The van der Waals surface area contributed by atoms with E-state index < -0.39 is 23.6 Å². The molecule has 1 aromatic carbocycles. The zero-order chi connectivity index (χ0) is 18.7. The molecule has 2 amide bonds. The van der Waals surface area contributed by atoms with Crippen molar-refractivity contribution in [1.29, 1.82) is 0 Å². The zero-order valence-electron chi connectivity index (χ0n) is 14.9. The maximum atomic E-state index is 13.9. The van der Waals surface area contributed by atoms with Crippen molar-refractivity contribution in [3.05, 3.63) is 29.8 Å². The van der Waals surface area contributed by atoms with E-state index in [4.69, 9.17) is 0 Å². The topological polar surface area (TPSA) is 61.4 Å².